The van der Waals surface area contributed by atoms with E-state index in [2.05, 4.69) is 34.7 Å². The number of fused-ring (bicyclic) bond motifs is 8. The van der Waals surface area contributed by atoms with Crippen LogP contribution in [0.4, 0.5) is 8.78 Å². The summed E-state index contributed by atoms with van der Waals surface area (Å²) in [7, 11) is 0. The fourth-order valence-electron chi connectivity index (χ4n) is 6.22. The van der Waals surface area contributed by atoms with Crippen LogP contribution >= 0.6 is 0 Å². The molecule has 5 rings (SSSR count). The number of aromatic nitrogens is 4. The smallest absolute Gasteiger partial charge is 0.303 e. The summed E-state index contributed by atoms with van der Waals surface area (Å²) in [4.78, 5) is 38.8. The van der Waals surface area contributed by atoms with Crippen molar-refractivity contribution in [3.05, 3.63) is 94.1 Å². The number of H-pyrrole nitrogens is 2. The molecule has 2 aliphatic rings. The van der Waals surface area contributed by atoms with Gasteiger partial charge in [-0.1, -0.05) is 38.0 Å². The number of aliphatic carboxylic acids is 2. The van der Waals surface area contributed by atoms with Crippen molar-refractivity contribution in [1.82, 2.24) is 19.9 Å². The van der Waals surface area contributed by atoms with Gasteiger partial charge < -0.3 is 20.2 Å². The largest absolute Gasteiger partial charge is 0.481 e. The van der Waals surface area contributed by atoms with Crippen LogP contribution < -0.4 is 0 Å². The molecular formula is C36H34F2N4O4. The number of carboxylic acids is 2. The summed E-state index contributed by atoms with van der Waals surface area (Å²) in [5, 5.41) is 18.9. The van der Waals surface area contributed by atoms with Gasteiger partial charge in [0.2, 0.25) is 0 Å². The quantitative estimate of drug-likeness (QED) is 0.189. The van der Waals surface area contributed by atoms with E-state index in [0.29, 0.717) is 55.8 Å². The molecule has 236 valence electrons. The van der Waals surface area contributed by atoms with Crippen LogP contribution in [0.2, 0.25) is 0 Å². The lowest BCUT2D eigenvalue weighted by atomic mass is 9.99. The molecule has 46 heavy (non-hydrogen) atoms. The normalized spacial score (nSPS) is 12.9. The number of aromatic amines is 2. The standard InChI is InChI=1S/C36H34F2N4O4/c1-8-20-16(4)25-15-26-17(5)23(11-13-27(43)44)35(40-26)30(38)36-24(12-14-28(45)46)19(7)32(42-36)29(37)34-21(9-2)18(6)31(41-34)22(10-3)33(20)39-25/h8-10,15,39,42H,1-3,11-14H2,4-7H3,(H,43,44)(H,45,46). The van der Waals surface area contributed by atoms with Gasteiger partial charge in [-0.15, -0.1) is 0 Å². The Labute approximate surface area is 264 Å². The maximum absolute atomic E-state index is 16.8. The number of aryl methyl sites for hydroxylation is 3. The Morgan fingerprint density at radius 2 is 1.39 bits per heavy atom. The molecule has 5 heterocycles. The average molecular weight is 625 g/mol. The first kappa shape index (κ1) is 32.0. The molecule has 10 heteroatoms. The number of allylic oxidation sites excluding steroid dienone is 5. The van der Waals surface area contributed by atoms with Crippen molar-refractivity contribution >= 4 is 68.4 Å². The first-order chi connectivity index (χ1) is 21.8. The predicted molar refractivity (Wildman–Crippen MR) is 179 cm³/mol. The second kappa shape index (κ2) is 12.2. The third-order valence-corrected chi connectivity index (χ3v) is 8.76. The molecule has 3 aromatic rings. The zero-order valence-electron chi connectivity index (χ0n) is 26.1. The Hall–Kier alpha value is -5.38. The third kappa shape index (κ3) is 5.19. The summed E-state index contributed by atoms with van der Waals surface area (Å²) < 4.78 is 33.5. The highest BCUT2D eigenvalue weighted by atomic mass is 19.1. The van der Waals surface area contributed by atoms with Gasteiger partial charge in [0.05, 0.1) is 27.9 Å². The first-order valence-electron chi connectivity index (χ1n) is 14.7. The number of halogens is 2. The SMILES string of the molecule is C=CC1=C(C)c2nc1c(F)c1[nH]c(c(F)c3nc(cc4[nH]c(c2C=C)c(C=C)c4C)C(C)=C3CCC(=O)O)c(CCC(=O)O)c1C. The van der Waals surface area contributed by atoms with Crippen molar-refractivity contribution in [2.45, 2.75) is 53.4 Å². The fraction of sp³-hybridized carbons (Fsp3) is 0.222. The van der Waals surface area contributed by atoms with Crippen molar-refractivity contribution in [3.8, 4) is 0 Å². The Balaban J connectivity index is 2.08. The first-order valence-corrected chi connectivity index (χ1v) is 14.7. The molecule has 0 saturated carbocycles. The van der Waals surface area contributed by atoms with Crippen LogP contribution in [-0.4, -0.2) is 42.1 Å². The number of rotatable bonds is 9. The molecular weight excluding hydrogens is 590 g/mol. The predicted octanol–water partition coefficient (Wildman–Crippen LogP) is 8.43. The molecule has 0 atom stereocenters. The highest BCUT2D eigenvalue weighted by molar-refractivity contribution is 6.01. The van der Waals surface area contributed by atoms with Crippen LogP contribution in [0, 0.1) is 25.5 Å². The number of nitrogens with one attached hydrogen (secondary N) is 2. The number of hydrogen-bond acceptors (Lipinski definition) is 4. The molecule has 0 fully saturated rings. The van der Waals surface area contributed by atoms with Crippen LogP contribution in [0.1, 0.15) is 83.7 Å². The van der Waals surface area contributed by atoms with E-state index in [-0.39, 0.29) is 53.7 Å². The summed E-state index contributed by atoms with van der Waals surface area (Å²) in [6.45, 7) is 19.0. The molecule has 8 bridgehead atoms. The Morgan fingerprint density at radius 3 is 2.00 bits per heavy atom. The Bertz CT molecular complexity index is 2130. The minimum absolute atomic E-state index is 0.00853. The summed E-state index contributed by atoms with van der Waals surface area (Å²) in [5.41, 5.74) is 6.72. The van der Waals surface area contributed by atoms with E-state index < -0.39 is 23.6 Å². The Kier molecular flexibility index (Phi) is 8.49. The molecule has 4 N–H and O–H groups in total. The second-order valence-corrected chi connectivity index (χ2v) is 11.3. The van der Waals surface area contributed by atoms with E-state index in [1.165, 1.54) is 6.08 Å². The van der Waals surface area contributed by atoms with Crippen molar-refractivity contribution in [1.29, 1.82) is 0 Å². The molecule has 3 aromatic heterocycles. The van der Waals surface area contributed by atoms with Crippen LogP contribution in [0.5, 0.6) is 0 Å². The molecule has 0 aliphatic carbocycles. The highest BCUT2D eigenvalue weighted by Crippen LogP contribution is 2.40. The molecule has 0 saturated heterocycles. The van der Waals surface area contributed by atoms with Crippen molar-refractivity contribution in [2.75, 3.05) is 0 Å². The van der Waals surface area contributed by atoms with E-state index in [1.807, 2.05) is 6.92 Å². The zero-order valence-corrected chi connectivity index (χ0v) is 26.1. The van der Waals surface area contributed by atoms with Gasteiger partial charge in [-0.2, -0.15) is 0 Å². The van der Waals surface area contributed by atoms with E-state index in [1.54, 1.807) is 39.0 Å². The monoisotopic (exact) mass is 624 g/mol. The lowest BCUT2D eigenvalue weighted by Gasteiger charge is -2.05. The second-order valence-electron chi connectivity index (χ2n) is 11.3. The van der Waals surface area contributed by atoms with Crippen molar-refractivity contribution in [3.63, 3.8) is 0 Å². The maximum atomic E-state index is 16.8. The number of nitrogens with zero attached hydrogens (tertiary/aromatic N) is 2. The van der Waals surface area contributed by atoms with E-state index in [9.17, 15) is 19.8 Å². The summed E-state index contributed by atoms with van der Waals surface area (Å²) >= 11 is 0. The average Bonchev–Trinajstić information content (AvgIpc) is 3.71. The summed E-state index contributed by atoms with van der Waals surface area (Å²) in [6, 6.07) is 1.77. The lowest BCUT2D eigenvalue weighted by Crippen LogP contribution is -2.00. The fourth-order valence-corrected chi connectivity index (χ4v) is 6.22. The molecule has 0 aromatic carbocycles. The third-order valence-electron chi connectivity index (χ3n) is 8.76. The minimum Gasteiger partial charge on any atom is -0.481 e. The van der Waals surface area contributed by atoms with E-state index in [4.69, 9.17) is 4.98 Å². The van der Waals surface area contributed by atoms with Crippen LogP contribution in [-0.2, 0) is 16.0 Å². The molecule has 2 aliphatic heterocycles. The van der Waals surface area contributed by atoms with Crippen molar-refractivity contribution < 1.29 is 28.6 Å². The number of carbonyl (C=O) groups is 2. The topological polar surface area (TPSA) is 132 Å². The molecule has 0 amide bonds. The van der Waals surface area contributed by atoms with Gasteiger partial charge in [-0.25, -0.2) is 18.7 Å². The van der Waals surface area contributed by atoms with Crippen molar-refractivity contribution in [2.24, 2.45) is 0 Å². The summed E-state index contributed by atoms with van der Waals surface area (Å²) in [5.74, 6) is -3.77. The van der Waals surface area contributed by atoms with Gasteiger partial charge in [0, 0.05) is 35.1 Å². The summed E-state index contributed by atoms with van der Waals surface area (Å²) in [6.07, 6.45) is 4.14. The van der Waals surface area contributed by atoms with Gasteiger partial charge in [0.1, 0.15) is 11.4 Å². The van der Waals surface area contributed by atoms with Gasteiger partial charge >= 0.3 is 11.9 Å². The van der Waals surface area contributed by atoms with E-state index in [0.717, 1.165) is 11.1 Å². The lowest BCUT2D eigenvalue weighted by molar-refractivity contribution is -0.137. The van der Waals surface area contributed by atoms with Crippen LogP contribution in [0.25, 0.3) is 56.5 Å². The maximum Gasteiger partial charge on any atom is 0.303 e. The number of hydrogen-bond donors (Lipinski definition) is 4. The zero-order chi connectivity index (χ0) is 33.6. The van der Waals surface area contributed by atoms with Gasteiger partial charge in [-0.05, 0) is 80.0 Å². The van der Waals surface area contributed by atoms with E-state index >= 15 is 8.78 Å². The van der Waals surface area contributed by atoms with Gasteiger partial charge in [0.15, 0.2) is 11.6 Å². The number of carboxylic acid groups (broad SMARTS) is 2. The van der Waals surface area contributed by atoms with Crippen LogP contribution in [0.3, 0.4) is 0 Å². The molecule has 8 nitrogen and oxygen atoms in total. The van der Waals surface area contributed by atoms with Crippen LogP contribution in [0.15, 0.2) is 31.9 Å². The van der Waals surface area contributed by atoms with Gasteiger partial charge in [-0.3, -0.25) is 9.59 Å². The van der Waals surface area contributed by atoms with Gasteiger partial charge in [0.25, 0.3) is 0 Å². The molecule has 0 radical (unpaired) electrons. The highest BCUT2D eigenvalue weighted by Gasteiger charge is 2.27. The Morgan fingerprint density at radius 1 is 0.761 bits per heavy atom. The molecule has 0 unspecified atom stereocenters. The minimum atomic E-state index is -1.10. The molecule has 0 spiro atoms.